The van der Waals surface area contributed by atoms with Gasteiger partial charge in [0.05, 0.1) is 17.7 Å². The van der Waals surface area contributed by atoms with E-state index in [0.29, 0.717) is 0 Å². The molecular weight excluding hydrogens is 360 g/mol. The minimum absolute atomic E-state index is 0.123. The second kappa shape index (κ2) is 8.19. The van der Waals surface area contributed by atoms with Crippen molar-refractivity contribution in [2.75, 3.05) is 0 Å². The Bertz CT molecular complexity index is 959. The first kappa shape index (κ1) is 19.4. The number of hydrogen-bond acceptors (Lipinski definition) is 3. The van der Waals surface area contributed by atoms with E-state index < -0.39 is 5.41 Å². The third-order valence-electron chi connectivity index (χ3n) is 6.20. The molecule has 1 atom stereocenters. The Hall–Kier alpha value is -2.95. The van der Waals surface area contributed by atoms with E-state index in [1.54, 1.807) is 6.20 Å². The topological polar surface area (TPSA) is 59.8 Å². The molecule has 1 fully saturated rings. The summed E-state index contributed by atoms with van der Waals surface area (Å²) in [5.74, 6) is 0.906. The van der Waals surface area contributed by atoms with Crippen molar-refractivity contribution >= 4 is 5.91 Å². The van der Waals surface area contributed by atoms with Gasteiger partial charge in [-0.2, -0.15) is 5.10 Å². The average molecular weight is 389 g/mol. The molecule has 4 rings (SSSR count). The van der Waals surface area contributed by atoms with Crippen molar-refractivity contribution in [1.29, 1.82) is 0 Å². The lowest BCUT2D eigenvalue weighted by Gasteiger charge is -2.37. The molecule has 0 radical (unpaired) electrons. The fourth-order valence-electron chi connectivity index (χ4n) is 4.53. The molecule has 1 aliphatic rings. The van der Waals surface area contributed by atoms with Gasteiger partial charge in [0, 0.05) is 17.5 Å². The number of nitrogens with zero attached hydrogens (tertiary/aromatic N) is 3. The molecule has 5 heteroatoms. The maximum absolute atomic E-state index is 13.5. The molecule has 1 aromatic carbocycles. The van der Waals surface area contributed by atoms with Crippen LogP contribution in [0.4, 0.5) is 0 Å². The van der Waals surface area contributed by atoms with Gasteiger partial charge in [-0.3, -0.25) is 4.79 Å². The largest absolute Gasteiger partial charge is 0.349 e. The highest BCUT2D eigenvalue weighted by Gasteiger charge is 2.41. The Balaban J connectivity index is 1.58. The molecule has 0 bridgehead atoms. The number of nitrogens with one attached hydrogen (secondary N) is 1. The van der Waals surface area contributed by atoms with Crippen LogP contribution < -0.4 is 5.32 Å². The molecular formula is C24H28N4O. The van der Waals surface area contributed by atoms with Crippen LogP contribution in [-0.4, -0.2) is 20.7 Å². The van der Waals surface area contributed by atoms with Crippen LogP contribution in [0, 0.1) is 6.92 Å². The number of benzene rings is 1. The van der Waals surface area contributed by atoms with Crippen molar-refractivity contribution in [3.8, 4) is 5.82 Å². The molecule has 150 valence electrons. The monoisotopic (exact) mass is 388 g/mol. The Labute approximate surface area is 172 Å². The summed E-state index contributed by atoms with van der Waals surface area (Å²) >= 11 is 0. The fraction of sp³-hybridized carbons (Fsp3) is 0.375. The van der Waals surface area contributed by atoms with Gasteiger partial charge in [-0.15, -0.1) is 0 Å². The third-order valence-corrected chi connectivity index (χ3v) is 6.20. The second-order valence-electron chi connectivity index (χ2n) is 7.99. The molecule has 0 saturated heterocycles. The van der Waals surface area contributed by atoms with Gasteiger partial charge in [0.2, 0.25) is 5.91 Å². The highest BCUT2D eigenvalue weighted by Crippen LogP contribution is 2.40. The van der Waals surface area contributed by atoms with E-state index in [4.69, 9.17) is 0 Å². The lowest BCUT2D eigenvalue weighted by atomic mass is 9.68. The normalized spacial score (nSPS) is 16.9. The van der Waals surface area contributed by atoms with Crippen LogP contribution in [0.5, 0.6) is 0 Å². The van der Waals surface area contributed by atoms with Gasteiger partial charge in [0.25, 0.3) is 0 Å². The van der Waals surface area contributed by atoms with Crippen molar-refractivity contribution in [3.05, 3.63) is 77.7 Å². The SMILES string of the molecule is Cc1c([C@H](C)NC(=O)C2(c3ccccc3)CCCCC2)cnn1-c1ccccn1. The van der Waals surface area contributed by atoms with Gasteiger partial charge in [-0.05, 0) is 44.4 Å². The van der Waals surface area contributed by atoms with Crippen LogP contribution in [0.3, 0.4) is 0 Å². The zero-order chi connectivity index (χ0) is 20.3. The highest BCUT2D eigenvalue weighted by atomic mass is 16.2. The number of carbonyl (C=O) groups excluding carboxylic acids is 1. The molecule has 2 aromatic heterocycles. The maximum Gasteiger partial charge on any atom is 0.231 e. The maximum atomic E-state index is 13.5. The molecule has 29 heavy (non-hydrogen) atoms. The van der Waals surface area contributed by atoms with Crippen LogP contribution >= 0.6 is 0 Å². The predicted octanol–water partition coefficient (Wildman–Crippen LogP) is 4.66. The number of amides is 1. The number of aromatic nitrogens is 3. The molecule has 3 aromatic rings. The summed E-state index contributed by atoms with van der Waals surface area (Å²) in [5, 5.41) is 7.80. The Morgan fingerprint density at radius 3 is 2.48 bits per heavy atom. The Morgan fingerprint density at radius 1 is 1.07 bits per heavy atom. The zero-order valence-corrected chi connectivity index (χ0v) is 17.1. The Kier molecular flexibility index (Phi) is 5.47. The van der Waals surface area contributed by atoms with Crippen LogP contribution in [0.1, 0.15) is 61.9 Å². The number of pyridine rings is 1. The molecule has 0 aliphatic heterocycles. The lowest BCUT2D eigenvalue weighted by Crippen LogP contribution is -2.46. The summed E-state index contributed by atoms with van der Waals surface area (Å²) < 4.78 is 1.82. The van der Waals surface area contributed by atoms with Gasteiger partial charge >= 0.3 is 0 Å². The van der Waals surface area contributed by atoms with E-state index in [1.165, 1.54) is 6.42 Å². The number of carbonyl (C=O) groups is 1. The van der Waals surface area contributed by atoms with Crippen LogP contribution in [0.2, 0.25) is 0 Å². The second-order valence-corrected chi connectivity index (χ2v) is 7.99. The van der Waals surface area contributed by atoms with E-state index in [9.17, 15) is 4.79 Å². The van der Waals surface area contributed by atoms with Gasteiger partial charge < -0.3 is 5.32 Å². The van der Waals surface area contributed by atoms with Crippen molar-refractivity contribution in [3.63, 3.8) is 0 Å². The Morgan fingerprint density at radius 2 is 1.79 bits per heavy atom. The molecule has 1 N–H and O–H groups in total. The van der Waals surface area contributed by atoms with Gasteiger partial charge in [0.15, 0.2) is 5.82 Å². The lowest BCUT2D eigenvalue weighted by molar-refractivity contribution is -0.128. The molecule has 1 aliphatic carbocycles. The van der Waals surface area contributed by atoms with Gasteiger partial charge in [-0.1, -0.05) is 55.7 Å². The molecule has 1 amide bonds. The van der Waals surface area contributed by atoms with E-state index in [0.717, 1.165) is 48.3 Å². The average Bonchev–Trinajstić information content (AvgIpc) is 3.17. The van der Waals surface area contributed by atoms with Crippen molar-refractivity contribution in [2.45, 2.75) is 57.4 Å². The summed E-state index contributed by atoms with van der Waals surface area (Å²) in [6.45, 7) is 4.05. The highest BCUT2D eigenvalue weighted by molar-refractivity contribution is 5.88. The number of rotatable bonds is 5. The van der Waals surface area contributed by atoms with Crippen LogP contribution in [0.25, 0.3) is 5.82 Å². The smallest absolute Gasteiger partial charge is 0.231 e. The first-order chi connectivity index (χ1) is 14.1. The van der Waals surface area contributed by atoms with E-state index in [-0.39, 0.29) is 11.9 Å². The van der Waals surface area contributed by atoms with Crippen molar-refractivity contribution in [1.82, 2.24) is 20.1 Å². The van der Waals surface area contributed by atoms with Crippen LogP contribution in [-0.2, 0) is 10.2 Å². The van der Waals surface area contributed by atoms with Crippen molar-refractivity contribution in [2.24, 2.45) is 0 Å². The zero-order valence-electron chi connectivity index (χ0n) is 17.1. The summed E-state index contributed by atoms with van der Waals surface area (Å²) in [6, 6.07) is 15.9. The summed E-state index contributed by atoms with van der Waals surface area (Å²) in [7, 11) is 0. The first-order valence-corrected chi connectivity index (χ1v) is 10.4. The quantitative estimate of drug-likeness (QED) is 0.692. The molecule has 2 heterocycles. The number of hydrogen-bond donors (Lipinski definition) is 1. The van der Waals surface area contributed by atoms with E-state index >= 15 is 0 Å². The molecule has 5 nitrogen and oxygen atoms in total. The van der Waals surface area contributed by atoms with E-state index in [2.05, 4.69) is 27.5 Å². The predicted molar refractivity (Wildman–Crippen MR) is 114 cm³/mol. The third kappa shape index (κ3) is 3.69. The minimum Gasteiger partial charge on any atom is -0.349 e. The van der Waals surface area contributed by atoms with Crippen LogP contribution in [0.15, 0.2) is 60.9 Å². The van der Waals surface area contributed by atoms with Gasteiger partial charge in [-0.25, -0.2) is 9.67 Å². The fourth-order valence-corrected chi connectivity index (χ4v) is 4.53. The molecule has 0 spiro atoms. The summed E-state index contributed by atoms with van der Waals surface area (Å²) in [4.78, 5) is 17.9. The van der Waals surface area contributed by atoms with Gasteiger partial charge in [0.1, 0.15) is 0 Å². The molecule has 0 unspecified atom stereocenters. The minimum atomic E-state index is -0.432. The standard InChI is InChI=1S/C24H28N4O/c1-18(21-17-26-28(19(21)2)22-13-7-10-16-25-22)27-23(29)24(14-8-4-9-15-24)20-11-5-3-6-12-20/h3,5-7,10-13,16-18H,4,8-9,14-15H2,1-2H3,(H,27,29)/t18-/m0/s1. The first-order valence-electron chi connectivity index (χ1n) is 10.4. The van der Waals surface area contributed by atoms with Crippen molar-refractivity contribution < 1.29 is 4.79 Å². The summed E-state index contributed by atoms with van der Waals surface area (Å²) in [6.07, 6.45) is 8.79. The molecule has 1 saturated carbocycles. The van der Waals surface area contributed by atoms with E-state index in [1.807, 2.05) is 61.1 Å². The summed E-state index contributed by atoms with van der Waals surface area (Å²) in [5.41, 5.74) is 2.71.